The Morgan fingerprint density at radius 3 is 1.20 bits per heavy atom. The van der Waals surface area contributed by atoms with Crippen LogP contribution in [0.5, 0.6) is 0 Å². The molecule has 1 aliphatic carbocycles. The van der Waals surface area contributed by atoms with Crippen molar-refractivity contribution in [3.8, 4) is 0 Å². The summed E-state index contributed by atoms with van der Waals surface area (Å²) in [5, 5.41) is 110. The third-order valence-electron chi connectivity index (χ3n) is 19.5. The topological polar surface area (TPSA) is 374 Å². The highest BCUT2D eigenvalue weighted by Gasteiger charge is 2.58. The highest BCUT2D eigenvalue weighted by Crippen LogP contribution is 2.49. The average Bonchev–Trinajstić information content (AvgIpc) is 0.761. The van der Waals surface area contributed by atoms with Crippen molar-refractivity contribution in [3.05, 3.63) is 36.5 Å². The van der Waals surface area contributed by atoms with Crippen LogP contribution in [-0.4, -0.2) is 204 Å². The van der Waals surface area contributed by atoms with E-state index in [4.69, 9.17) is 42.2 Å². The quantitative estimate of drug-likeness (QED) is 0.00512. The van der Waals surface area contributed by atoms with E-state index in [1.807, 2.05) is 6.08 Å². The van der Waals surface area contributed by atoms with Crippen molar-refractivity contribution in [2.75, 3.05) is 26.4 Å². The molecule has 3 rings (SSSR count). The lowest BCUT2D eigenvalue weighted by Crippen LogP contribution is -2.69. The van der Waals surface area contributed by atoms with Gasteiger partial charge in [-0.3, -0.25) is 18.6 Å². The number of aliphatic hydroxyl groups is 10. The number of unbranched alkanes of at least 4 members (excludes halogenated alkanes) is 38. The number of hydrogen-bond donors (Lipinski definition) is 11. The van der Waals surface area contributed by atoms with Gasteiger partial charge in [0.15, 0.2) is 18.7 Å². The van der Waals surface area contributed by atoms with Crippen LogP contribution in [0, 0.1) is 0 Å². The van der Waals surface area contributed by atoms with Crippen molar-refractivity contribution in [2.45, 2.75) is 407 Å². The van der Waals surface area contributed by atoms with Gasteiger partial charge in [0.1, 0.15) is 98.7 Å². The van der Waals surface area contributed by atoms with Crippen molar-refractivity contribution in [3.63, 3.8) is 0 Å². The summed E-state index contributed by atoms with van der Waals surface area (Å²) in [5.74, 6) is -2.22. The summed E-state index contributed by atoms with van der Waals surface area (Å²) in [6, 6.07) is 0. The fourth-order valence-electron chi connectivity index (χ4n) is 13.0. The van der Waals surface area contributed by atoms with E-state index in [2.05, 4.69) is 32.9 Å². The van der Waals surface area contributed by atoms with Gasteiger partial charge in [0.05, 0.1) is 13.2 Å². The van der Waals surface area contributed by atoms with Gasteiger partial charge in [0, 0.05) is 18.9 Å². The van der Waals surface area contributed by atoms with E-state index in [0.717, 1.165) is 115 Å². The summed E-state index contributed by atoms with van der Waals surface area (Å²) in [6.45, 7) is 3.37. The highest BCUT2D eigenvalue weighted by atomic mass is 31.2. The first-order valence-electron chi connectivity index (χ1n) is 39.8. The molecule has 3 fully saturated rings. The van der Waals surface area contributed by atoms with Crippen LogP contribution in [0.2, 0.25) is 0 Å². The van der Waals surface area contributed by atoms with E-state index in [0.29, 0.717) is 12.8 Å². The molecule has 0 aromatic heterocycles. The molecular weight excluding hydrogens is 1340 g/mol. The Morgan fingerprint density at radius 1 is 0.402 bits per heavy atom. The minimum absolute atomic E-state index is 0.0446. The molecule has 2 aliphatic heterocycles. The van der Waals surface area contributed by atoms with Crippen molar-refractivity contribution >= 4 is 25.7 Å². The molecule has 0 spiro atoms. The van der Waals surface area contributed by atoms with Crippen molar-refractivity contribution in [1.82, 2.24) is 0 Å². The Kier molecular flexibility index (Phi) is 53.3. The van der Waals surface area contributed by atoms with Gasteiger partial charge < -0.3 is 89.1 Å². The maximum absolute atomic E-state index is 14.4. The van der Waals surface area contributed by atoms with Crippen LogP contribution in [0.3, 0.4) is 0 Å². The van der Waals surface area contributed by atoms with Gasteiger partial charge >= 0.3 is 25.7 Å². The maximum Gasteiger partial charge on any atom is 0.472 e. The van der Waals surface area contributed by atoms with Crippen LogP contribution in [0.4, 0.5) is 0 Å². The zero-order valence-corrected chi connectivity index (χ0v) is 63.3. The summed E-state index contributed by atoms with van der Waals surface area (Å²) < 4.78 is 65.0. The summed E-state index contributed by atoms with van der Waals surface area (Å²) in [4.78, 5) is 51.0. The molecule has 18 unspecified atom stereocenters. The standard InChI is InChI=1S/C77H139O24P/c1-4-7-10-13-16-19-22-25-28-29-32-34-36-39-42-45-48-51-61(79)93-55-58(96-63(81)53-50-47-44-41-38-35-31-27-24-21-18-15-12-9-6-3)56-95-102(91,92)101-75-73(99-76-71(89)66(84)64(82)59(54-78)97-76)69(87)68(86)70(88)74(75)100-77-72(90)67(85)65(83)60(98-77)57-94-62(80)52-49-46-43-40-37-33-30-26-23-20-17-14-11-8-5-2/h21,24,43,46,49,52,58-60,64-78,82-90H,4-20,22-23,25-42,44-45,47-48,50-51,53-57H2,1-3H3,(H,91,92)/b24-21-,46-43+,52-49+. The molecule has 3 aliphatic rings. The van der Waals surface area contributed by atoms with Gasteiger partial charge in [-0.25, -0.2) is 9.36 Å². The predicted molar refractivity (Wildman–Crippen MR) is 388 cm³/mol. The second-order valence-electron chi connectivity index (χ2n) is 28.5. The molecule has 0 amide bonds. The van der Waals surface area contributed by atoms with E-state index in [1.165, 1.54) is 154 Å². The monoisotopic (exact) mass is 1480 g/mol. The van der Waals surface area contributed by atoms with E-state index < -0.39 is 156 Å². The molecule has 25 heteroatoms. The molecule has 18 atom stereocenters. The van der Waals surface area contributed by atoms with Crippen LogP contribution in [-0.2, 0) is 61.2 Å². The third kappa shape index (κ3) is 40.4. The first-order valence-corrected chi connectivity index (χ1v) is 41.3. The molecule has 2 heterocycles. The second-order valence-corrected chi connectivity index (χ2v) is 29.9. The number of hydrogen-bond acceptors (Lipinski definition) is 23. The number of phosphoric ester groups is 1. The number of ether oxygens (including phenoxy) is 7. The Hall–Kier alpha value is -2.82. The van der Waals surface area contributed by atoms with Crippen LogP contribution in [0.15, 0.2) is 36.5 Å². The summed E-state index contributed by atoms with van der Waals surface area (Å²) >= 11 is 0. The van der Waals surface area contributed by atoms with E-state index in [9.17, 15) is 74.9 Å². The number of carbonyl (C=O) groups is 3. The van der Waals surface area contributed by atoms with Crippen LogP contribution in [0.25, 0.3) is 0 Å². The number of rotatable bonds is 62. The Labute approximate surface area is 610 Å². The molecule has 24 nitrogen and oxygen atoms in total. The van der Waals surface area contributed by atoms with Gasteiger partial charge in [-0.2, -0.15) is 0 Å². The fraction of sp³-hybridized carbons (Fsp3) is 0.883. The number of phosphoric acid groups is 1. The van der Waals surface area contributed by atoms with Gasteiger partial charge in [-0.05, 0) is 51.4 Å². The van der Waals surface area contributed by atoms with Crippen LogP contribution in [0.1, 0.15) is 303 Å². The number of aliphatic hydroxyl groups excluding tert-OH is 10. The van der Waals surface area contributed by atoms with E-state index in [1.54, 1.807) is 6.08 Å². The largest absolute Gasteiger partial charge is 0.472 e. The zero-order chi connectivity index (χ0) is 74.6. The van der Waals surface area contributed by atoms with Crippen LogP contribution < -0.4 is 0 Å². The van der Waals surface area contributed by atoms with Gasteiger partial charge in [0.2, 0.25) is 0 Å². The first-order chi connectivity index (χ1) is 49.3. The lowest BCUT2D eigenvalue weighted by Gasteiger charge is -2.49. The summed E-state index contributed by atoms with van der Waals surface area (Å²) in [5.41, 5.74) is 0. The van der Waals surface area contributed by atoms with Gasteiger partial charge in [-0.1, -0.05) is 269 Å². The van der Waals surface area contributed by atoms with Gasteiger partial charge in [0.25, 0.3) is 0 Å². The van der Waals surface area contributed by atoms with E-state index >= 15 is 0 Å². The van der Waals surface area contributed by atoms with Crippen molar-refractivity contribution < 1.29 is 117 Å². The fourth-order valence-corrected chi connectivity index (χ4v) is 14.0. The molecule has 0 aromatic carbocycles. The Balaban J connectivity index is 1.72. The predicted octanol–water partition coefficient (Wildman–Crippen LogP) is 11.9. The molecule has 0 aromatic rings. The Morgan fingerprint density at radius 2 is 0.765 bits per heavy atom. The van der Waals surface area contributed by atoms with Crippen molar-refractivity contribution in [1.29, 1.82) is 0 Å². The van der Waals surface area contributed by atoms with E-state index in [-0.39, 0.29) is 12.8 Å². The number of allylic oxidation sites excluding steroid dienone is 5. The number of carbonyl (C=O) groups excluding carboxylic acids is 3. The minimum atomic E-state index is -5.71. The van der Waals surface area contributed by atoms with Crippen molar-refractivity contribution in [2.24, 2.45) is 0 Å². The second kappa shape index (κ2) is 58.2. The zero-order valence-electron chi connectivity index (χ0n) is 62.4. The third-order valence-corrected chi connectivity index (χ3v) is 20.5. The molecule has 2 saturated heterocycles. The molecule has 11 N–H and O–H groups in total. The summed E-state index contributed by atoms with van der Waals surface area (Å²) in [6.07, 6.45) is 22.5. The first kappa shape index (κ1) is 93.4. The molecular formula is C77H139O24P. The number of esters is 3. The lowest BCUT2D eigenvalue weighted by molar-refractivity contribution is -0.360. The average molecular weight is 1480 g/mol. The van der Waals surface area contributed by atoms with Crippen LogP contribution >= 0.6 is 7.82 Å². The normalized spacial score (nSPS) is 27.2. The molecule has 0 bridgehead atoms. The molecule has 102 heavy (non-hydrogen) atoms. The lowest BCUT2D eigenvalue weighted by atomic mass is 9.84. The highest BCUT2D eigenvalue weighted by molar-refractivity contribution is 7.47. The minimum Gasteiger partial charge on any atom is -0.462 e. The van der Waals surface area contributed by atoms with Gasteiger partial charge in [-0.15, -0.1) is 0 Å². The smallest absolute Gasteiger partial charge is 0.462 e. The maximum atomic E-state index is 14.4. The molecule has 596 valence electrons. The molecule has 1 saturated carbocycles. The summed E-state index contributed by atoms with van der Waals surface area (Å²) in [7, 11) is -5.71. The Bertz CT molecular complexity index is 2240. The SMILES string of the molecule is CCCCCC/C=C\CCCCCCCCCC(=O)OC(COC(=O)CCCCCCCCCCCCCCCCCCC)COP(=O)(O)OC1C(OC2OC(CO)C(O)C(O)C2O)C(O)C(O)C(O)C1OC1OC(COC(=O)/C=C/C=C/CCCCCCCCCCCCC)C(O)C(O)C1O. The molecule has 0 radical (unpaired) electrons.